The molecule has 4 aliphatic carbocycles. The number of hydrogen-bond donors (Lipinski definition) is 0. The van der Waals surface area contributed by atoms with Gasteiger partial charge in [0.25, 0.3) is 0 Å². The fourth-order valence-corrected chi connectivity index (χ4v) is 11.3. The van der Waals surface area contributed by atoms with Crippen molar-refractivity contribution in [2.75, 3.05) is 4.90 Å². The molecule has 0 radical (unpaired) electrons. The third-order valence-corrected chi connectivity index (χ3v) is 13.9. The van der Waals surface area contributed by atoms with Gasteiger partial charge in [0.2, 0.25) is 0 Å². The largest absolute Gasteiger partial charge is 0.310 e. The highest BCUT2D eigenvalue weighted by molar-refractivity contribution is 6.00. The Hall–Kier alpha value is -6.44. The smallest absolute Gasteiger partial charge is 0.0726 e. The van der Waals surface area contributed by atoms with Gasteiger partial charge in [-0.2, -0.15) is 0 Å². The summed E-state index contributed by atoms with van der Waals surface area (Å²) in [7, 11) is 0. The van der Waals surface area contributed by atoms with Crippen LogP contribution in [0.2, 0.25) is 0 Å². The zero-order valence-corrected chi connectivity index (χ0v) is 32.8. The Morgan fingerprint density at radius 3 is 1.60 bits per heavy atom. The average Bonchev–Trinajstić information content (AvgIpc) is 3.76. The van der Waals surface area contributed by atoms with E-state index in [-0.39, 0.29) is 0 Å². The molecule has 1 nitrogen and oxygen atoms in total. The molecular weight excluding hydrogens is 699 g/mol. The quantitative estimate of drug-likeness (QED) is 0.170. The first-order valence-corrected chi connectivity index (χ1v) is 21.4. The molecular formula is C57H45N. The molecule has 0 fully saturated rings. The fraction of sp³-hybridized carbons (Fsp3) is 0.158. The molecule has 0 saturated heterocycles. The van der Waals surface area contributed by atoms with E-state index in [1.807, 2.05) is 0 Å². The fourth-order valence-electron chi connectivity index (χ4n) is 11.3. The maximum absolute atomic E-state index is 2.64. The first kappa shape index (κ1) is 33.7. The monoisotopic (exact) mass is 743 g/mol. The Morgan fingerprint density at radius 2 is 0.897 bits per heavy atom. The van der Waals surface area contributed by atoms with Crippen LogP contribution in [0, 0.1) is 0 Å². The zero-order valence-electron chi connectivity index (χ0n) is 32.8. The number of aryl methyl sites for hydroxylation is 3. The standard InChI is InChI=1S/C57H45N/c1-2-15-38(16-3-1)40-31-33-44(34-32-40)58(55-28-14-20-41-18-6-7-21-45(41)55)56-37-54-50(36-49(56)43-30-29-39-17-4-5-19-42(39)35-43)48-24-10-13-27-53(48)57(54)51-25-11-8-22-46(51)47-23-9-12-26-52(47)57/h1-3,8-16,20,22-37H,4-7,17-19,21H2. The highest BCUT2D eigenvalue weighted by Gasteiger charge is 2.52. The van der Waals surface area contributed by atoms with Crippen LogP contribution < -0.4 is 4.90 Å². The molecule has 0 N–H and O–H groups in total. The lowest BCUT2D eigenvalue weighted by Crippen LogP contribution is -2.26. The summed E-state index contributed by atoms with van der Waals surface area (Å²) in [5.41, 5.74) is 25.3. The molecule has 0 unspecified atom stereocenters. The van der Waals surface area contributed by atoms with Gasteiger partial charge in [0.15, 0.2) is 0 Å². The molecule has 12 rings (SSSR count). The second-order valence-electron chi connectivity index (χ2n) is 16.9. The molecule has 278 valence electrons. The summed E-state index contributed by atoms with van der Waals surface area (Å²) in [4.78, 5) is 2.64. The summed E-state index contributed by atoms with van der Waals surface area (Å²) in [6.07, 6.45) is 9.58. The van der Waals surface area contributed by atoms with Crippen LogP contribution in [0.5, 0.6) is 0 Å². The van der Waals surface area contributed by atoms with Gasteiger partial charge in [0.1, 0.15) is 0 Å². The van der Waals surface area contributed by atoms with E-state index in [2.05, 4.69) is 181 Å². The van der Waals surface area contributed by atoms with E-state index >= 15 is 0 Å². The normalized spacial score (nSPS) is 15.2. The van der Waals surface area contributed by atoms with Gasteiger partial charge in [-0.1, -0.05) is 146 Å². The van der Waals surface area contributed by atoms with Crippen molar-refractivity contribution in [3.63, 3.8) is 0 Å². The number of anilines is 3. The van der Waals surface area contributed by atoms with Crippen LogP contribution >= 0.6 is 0 Å². The van der Waals surface area contributed by atoms with E-state index in [4.69, 9.17) is 0 Å². The summed E-state index contributed by atoms with van der Waals surface area (Å²) < 4.78 is 0. The lowest BCUT2D eigenvalue weighted by atomic mass is 9.70. The minimum Gasteiger partial charge on any atom is -0.310 e. The van der Waals surface area contributed by atoms with Crippen LogP contribution in [0.4, 0.5) is 17.1 Å². The van der Waals surface area contributed by atoms with Crippen LogP contribution in [-0.4, -0.2) is 0 Å². The van der Waals surface area contributed by atoms with E-state index < -0.39 is 5.41 Å². The van der Waals surface area contributed by atoms with Gasteiger partial charge in [-0.3, -0.25) is 0 Å². The Labute approximate surface area is 342 Å². The minimum atomic E-state index is -0.429. The minimum absolute atomic E-state index is 0.429. The highest BCUT2D eigenvalue weighted by Crippen LogP contribution is 2.64. The summed E-state index contributed by atoms with van der Waals surface area (Å²) in [5.74, 6) is 0. The summed E-state index contributed by atoms with van der Waals surface area (Å²) in [6.45, 7) is 0. The van der Waals surface area contributed by atoms with E-state index in [1.54, 1.807) is 0 Å². The van der Waals surface area contributed by atoms with Crippen LogP contribution in [0.3, 0.4) is 0 Å². The maximum atomic E-state index is 2.64. The van der Waals surface area contributed by atoms with Gasteiger partial charge in [-0.15, -0.1) is 0 Å². The van der Waals surface area contributed by atoms with Gasteiger partial charge in [-0.05, 0) is 165 Å². The van der Waals surface area contributed by atoms with Crippen molar-refractivity contribution >= 4 is 17.1 Å². The van der Waals surface area contributed by atoms with E-state index in [9.17, 15) is 0 Å². The first-order valence-electron chi connectivity index (χ1n) is 21.4. The van der Waals surface area contributed by atoms with Crippen LogP contribution in [-0.2, 0) is 31.1 Å². The Kier molecular flexibility index (Phi) is 7.73. The summed E-state index contributed by atoms with van der Waals surface area (Å²) in [6, 6.07) is 67.4. The number of hydrogen-bond acceptors (Lipinski definition) is 1. The van der Waals surface area contributed by atoms with Crippen molar-refractivity contribution in [3.05, 3.63) is 220 Å². The average molecular weight is 744 g/mol. The van der Waals surface area contributed by atoms with Crippen molar-refractivity contribution in [3.8, 4) is 44.5 Å². The second kappa shape index (κ2) is 13.3. The Bertz CT molecular complexity index is 2850. The molecule has 0 aliphatic heterocycles. The van der Waals surface area contributed by atoms with Gasteiger partial charge in [-0.25, -0.2) is 0 Å². The van der Waals surface area contributed by atoms with Crippen molar-refractivity contribution < 1.29 is 0 Å². The molecule has 8 aromatic carbocycles. The predicted octanol–water partition coefficient (Wildman–Crippen LogP) is 14.6. The molecule has 0 atom stereocenters. The molecule has 0 heterocycles. The molecule has 0 bridgehead atoms. The van der Waals surface area contributed by atoms with Gasteiger partial charge >= 0.3 is 0 Å². The number of benzene rings is 8. The van der Waals surface area contributed by atoms with E-state index in [0.717, 1.165) is 19.3 Å². The van der Waals surface area contributed by atoms with Gasteiger partial charge < -0.3 is 4.90 Å². The Morgan fingerprint density at radius 1 is 0.328 bits per heavy atom. The SMILES string of the molecule is c1ccc(-c2ccc(N(c3cc4c(cc3-c3ccc5c(c3)CCCC5)-c3ccccc3C43c4ccccc4-c4ccccc43)c3cccc4c3CCCC4)cc2)cc1. The molecule has 0 amide bonds. The van der Waals surface area contributed by atoms with Crippen LogP contribution in [0.15, 0.2) is 176 Å². The third kappa shape index (κ3) is 4.96. The predicted molar refractivity (Wildman–Crippen MR) is 242 cm³/mol. The lowest BCUT2D eigenvalue weighted by molar-refractivity contribution is 0.685. The highest BCUT2D eigenvalue weighted by atomic mass is 15.1. The lowest BCUT2D eigenvalue weighted by Gasteiger charge is -2.35. The van der Waals surface area contributed by atoms with Gasteiger partial charge in [0.05, 0.1) is 11.1 Å². The van der Waals surface area contributed by atoms with Crippen LogP contribution in [0.25, 0.3) is 44.5 Å². The summed E-state index contributed by atoms with van der Waals surface area (Å²) in [5, 5.41) is 0. The molecule has 4 aliphatic rings. The molecule has 0 aromatic heterocycles. The Balaban J connectivity index is 1.19. The van der Waals surface area contributed by atoms with Crippen molar-refractivity contribution in [2.45, 2.75) is 56.8 Å². The van der Waals surface area contributed by atoms with Crippen molar-refractivity contribution in [2.24, 2.45) is 0 Å². The zero-order chi connectivity index (χ0) is 38.2. The van der Waals surface area contributed by atoms with Crippen LogP contribution in [0.1, 0.15) is 70.2 Å². The molecule has 1 heteroatoms. The maximum Gasteiger partial charge on any atom is 0.0726 e. The topological polar surface area (TPSA) is 3.24 Å². The molecule has 8 aromatic rings. The first-order chi connectivity index (χ1) is 28.8. The molecule has 58 heavy (non-hydrogen) atoms. The molecule has 0 saturated carbocycles. The van der Waals surface area contributed by atoms with Crippen molar-refractivity contribution in [1.82, 2.24) is 0 Å². The van der Waals surface area contributed by atoms with E-state index in [1.165, 1.54) is 138 Å². The van der Waals surface area contributed by atoms with Gasteiger partial charge in [0, 0.05) is 16.9 Å². The second-order valence-corrected chi connectivity index (χ2v) is 16.9. The van der Waals surface area contributed by atoms with E-state index in [0.29, 0.717) is 0 Å². The molecule has 1 spiro atoms. The number of nitrogens with zero attached hydrogens (tertiary/aromatic N) is 1. The third-order valence-electron chi connectivity index (χ3n) is 13.9. The summed E-state index contributed by atoms with van der Waals surface area (Å²) >= 11 is 0. The number of fused-ring (bicyclic) bond motifs is 12. The number of rotatable bonds is 5. The van der Waals surface area contributed by atoms with Crippen molar-refractivity contribution in [1.29, 1.82) is 0 Å².